The Bertz CT molecular complexity index is 865. The van der Waals surface area contributed by atoms with Crippen LogP contribution < -0.4 is 5.43 Å². The van der Waals surface area contributed by atoms with Crippen molar-refractivity contribution < 1.29 is 9.34 Å². The van der Waals surface area contributed by atoms with Gasteiger partial charge in [-0.15, -0.1) is 24.8 Å². The van der Waals surface area contributed by atoms with Gasteiger partial charge in [-0.25, -0.2) is 5.01 Å². The van der Waals surface area contributed by atoms with Crippen LogP contribution in [0.1, 0.15) is 12.5 Å². The van der Waals surface area contributed by atoms with Crippen LogP contribution in [-0.2, 0) is 6.54 Å². The van der Waals surface area contributed by atoms with Crippen LogP contribution >= 0.6 is 24.8 Å². The van der Waals surface area contributed by atoms with Crippen LogP contribution in [0.2, 0.25) is 0 Å². The highest BCUT2D eigenvalue weighted by atomic mass is 35.5. The number of hydrazine groups is 1. The molecule has 26 heavy (non-hydrogen) atoms. The highest BCUT2D eigenvalue weighted by Crippen LogP contribution is 2.40. The molecule has 1 aromatic heterocycles. The van der Waals surface area contributed by atoms with Gasteiger partial charge >= 0.3 is 5.88 Å². The third kappa shape index (κ3) is 4.16. The molecule has 140 valence electrons. The van der Waals surface area contributed by atoms with E-state index in [0.717, 1.165) is 23.1 Å². The van der Waals surface area contributed by atoms with Gasteiger partial charge < -0.3 is 4.42 Å². The number of hydrogen-bond donors (Lipinski definition) is 1. The van der Waals surface area contributed by atoms with E-state index in [-0.39, 0.29) is 30.7 Å². The third-order valence-electron chi connectivity index (χ3n) is 4.07. The van der Waals surface area contributed by atoms with E-state index in [1.165, 1.54) is 0 Å². The summed E-state index contributed by atoms with van der Waals surface area (Å²) in [4.78, 5) is 11.0. The van der Waals surface area contributed by atoms with E-state index in [4.69, 9.17) is 4.42 Å². The molecule has 0 saturated heterocycles. The first-order chi connectivity index (χ1) is 11.7. The van der Waals surface area contributed by atoms with Gasteiger partial charge in [-0.1, -0.05) is 55.5 Å². The van der Waals surface area contributed by atoms with Crippen LogP contribution in [0.25, 0.3) is 22.1 Å². The van der Waals surface area contributed by atoms with Crippen LogP contribution in [0.15, 0.2) is 52.9 Å². The quantitative estimate of drug-likeness (QED) is 0.477. The molecule has 0 atom stereocenters. The number of furan rings is 1. The summed E-state index contributed by atoms with van der Waals surface area (Å²) in [6.07, 6.45) is 0. The predicted octanol–water partition coefficient (Wildman–Crippen LogP) is 4.81. The molecule has 1 N–H and O–H groups in total. The van der Waals surface area contributed by atoms with Crippen molar-refractivity contribution in [3.05, 3.63) is 64.2 Å². The maximum Gasteiger partial charge on any atom is 0.442 e. The van der Waals surface area contributed by atoms with Crippen molar-refractivity contribution in [2.75, 3.05) is 13.6 Å². The smallest absolute Gasteiger partial charge is 0.400 e. The van der Waals surface area contributed by atoms with Gasteiger partial charge in [0.2, 0.25) is 0 Å². The molecule has 6 nitrogen and oxygen atoms in total. The predicted molar refractivity (Wildman–Crippen MR) is 108 cm³/mol. The van der Waals surface area contributed by atoms with Crippen molar-refractivity contribution in [3.8, 4) is 11.1 Å². The molecule has 0 fully saturated rings. The van der Waals surface area contributed by atoms with Crippen molar-refractivity contribution >= 4 is 41.7 Å². The molecule has 0 aliphatic carbocycles. The van der Waals surface area contributed by atoms with Gasteiger partial charge in [-0.05, 0) is 12.6 Å². The summed E-state index contributed by atoms with van der Waals surface area (Å²) < 4.78 is 5.68. The van der Waals surface area contributed by atoms with E-state index in [9.17, 15) is 10.1 Å². The minimum atomic E-state index is -0.457. The lowest BCUT2D eigenvalue weighted by molar-refractivity contribution is -0.400. The standard InChI is InChI=1S/C18H19N3O3.2ClH/c1-3-20(19-2)12-14-10-7-11-15-16(13-8-5-4-6-9-13)18(21(22)23)24-17(14)15;;/h4-11,19H,3,12H2,1-2H3;2*1H. The average molecular weight is 398 g/mol. The molecule has 0 bridgehead atoms. The molecule has 0 radical (unpaired) electrons. The average Bonchev–Trinajstić information content (AvgIpc) is 3.01. The highest BCUT2D eigenvalue weighted by molar-refractivity contribution is 5.99. The summed E-state index contributed by atoms with van der Waals surface area (Å²) in [6.45, 7) is 3.45. The zero-order valence-electron chi connectivity index (χ0n) is 14.5. The first kappa shape index (κ1) is 21.9. The number of benzene rings is 2. The van der Waals surface area contributed by atoms with Crippen molar-refractivity contribution in [2.24, 2.45) is 0 Å². The van der Waals surface area contributed by atoms with E-state index in [1.54, 1.807) is 0 Å². The van der Waals surface area contributed by atoms with Crippen LogP contribution in [-0.4, -0.2) is 23.5 Å². The summed E-state index contributed by atoms with van der Waals surface area (Å²) in [5.74, 6) is -0.212. The number of nitrogens with one attached hydrogen (secondary N) is 1. The van der Waals surface area contributed by atoms with Gasteiger partial charge in [0.05, 0.1) is 0 Å². The van der Waals surface area contributed by atoms with E-state index in [1.807, 2.05) is 67.5 Å². The second kappa shape index (κ2) is 9.54. The summed E-state index contributed by atoms with van der Waals surface area (Å²) >= 11 is 0. The number of nitrogens with zero attached hydrogens (tertiary/aromatic N) is 2. The van der Waals surface area contributed by atoms with Crippen LogP contribution in [0.4, 0.5) is 5.88 Å². The molecule has 3 rings (SSSR count). The molecule has 0 saturated carbocycles. The maximum atomic E-state index is 11.5. The lowest BCUT2D eigenvalue weighted by Crippen LogP contribution is -2.34. The Morgan fingerprint density at radius 1 is 1.12 bits per heavy atom. The fourth-order valence-corrected chi connectivity index (χ4v) is 2.86. The number of hydrogen-bond acceptors (Lipinski definition) is 5. The fraction of sp³-hybridized carbons (Fsp3) is 0.222. The molecule has 1 heterocycles. The highest BCUT2D eigenvalue weighted by Gasteiger charge is 2.26. The zero-order valence-corrected chi connectivity index (χ0v) is 16.1. The van der Waals surface area contributed by atoms with Crippen LogP contribution in [0.3, 0.4) is 0 Å². The van der Waals surface area contributed by atoms with E-state index in [0.29, 0.717) is 17.7 Å². The van der Waals surface area contributed by atoms with Crippen molar-refractivity contribution in [3.63, 3.8) is 0 Å². The Balaban J connectivity index is 0.00000169. The van der Waals surface area contributed by atoms with Gasteiger partial charge in [0.25, 0.3) is 0 Å². The third-order valence-corrected chi connectivity index (χ3v) is 4.07. The van der Waals surface area contributed by atoms with Gasteiger partial charge in [0.1, 0.15) is 16.1 Å². The van der Waals surface area contributed by atoms with E-state index >= 15 is 0 Å². The minimum absolute atomic E-state index is 0. The van der Waals surface area contributed by atoms with Crippen LogP contribution in [0, 0.1) is 10.1 Å². The summed E-state index contributed by atoms with van der Waals surface area (Å²) in [7, 11) is 1.85. The van der Waals surface area contributed by atoms with E-state index < -0.39 is 4.92 Å². The second-order valence-electron chi connectivity index (χ2n) is 5.44. The Labute approximate surface area is 164 Å². The number of para-hydroxylation sites is 1. The molecule has 3 aromatic rings. The molecule has 8 heteroatoms. The topological polar surface area (TPSA) is 71.5 Å². The Hall–Kier alpha value is -2.12. The molecular weight excluding hydrogens is 377 g/mol. The zero-order chi connectivity index (χ0) is 17.1. The monoisotopic (exact) mass is 397 g/mol. The maximum absolute atomic E-state index is 11.5. The van der Waals surface area contributed by atoms with Gasteiger partial charge in [-0.2, -0.15) is 0 Å². The minimum Gasteiger partial charge on any atom is -0.400 e. The normalized spacial score (nSPS) is 10.4. The Morgan fingerprint density at radius 3 is 2.38 bits per heavy atom. The first-order valence-electron chi connectivity index (χ1n) is 7.82. The fourth-order valence-electron chi connectivity index (χ4n) is 2.86. The SMILES string of the molecule is CCN(Cc1cccc2c(-c3ccccc3)c([N+](=O)[O-])oc12)NC.Cl.Cl. The van der Waals surface area contributed by atoms with Crippen LogP contribution in [0.5, 0.6) is 0 Å². The number of fused-ring (bicyclic) bond motifs is 1. The molecule has 0 spiro atoms. The van der Waals surface area contributed by atoms with Crippen molar-refractivity contribution in [1.82, 2.24) is 10.4 Å². The second-order valence-corrected chi connectivity index (χ2v) is 5.44. The summed E-state index contributed by atoms with van der Waals surface area (Å²) in [6, 6.07) is 15.0. The molecule has 0 unspecified atom stereocenters. The van der Waals surface area contributed by atoms with E-state index in [2.05, 4.69) is 5.43 Å². The van der Waals surface area contributed by atoms with Gasteiger partial charge in [0, 0.05) is 24.0 Å². The lowest BCUT2D eigenvalue weighted by atomic mass is 10.0. The molecule has 0 aliphatic heterocycles. The Morgan fingerprint density at radius 2 is 1.81 bits per heavy atom. The van der Waals surface area contributed by atoms with Crippen molar-refractivity contribution in [1.29, 1.82) is 0 Å². The Kier molecular flexibility index (Phi) is 8.05. The molecule has 2 aromatic carbocycles. The van der Waals surface area contributed by atoms with Gasteiger partial charge in [-0.3, -0.25) is 15.5 Å². The van der Waals surface area contributed by atoms with Gasteiger partial charge in [0.15, 0.2) is 0 Å². The number of nitro groups is 1. The lowest BCUT2D eigenvalue weighted by Gasteiger charge is -2.18. The first-order valence-corrected chi connectivity index (χ1v) is 7.82. The largest absolute Gasteiger partial charge is 0.442 e. The molecule has 0 aliphatic rings. The number of halogens is 2. The molecule has 0 amide bonds. The summed E-state index contributed by atoms with van der Waals surface area (Å²) in [5.41, 5.74) is 5.89. The summed E-state index contributed by atoms with van der Waals surface area (Å²) in [5, 5.41) is 14.3. The number of rotatable bonds is 6. The van der Waals surface area contributed by atoms with Crippen molar-refractivity contribution in [2.45, 2.75) is 13.5 Å². The molecular formula is C18H21Cl2N3O3.